The van der Waals surface area contributed by atoms with Gasteiger partial charge in [0.15, 0.2) is 0 Å². The zero-order valence-corrected chi connectivity index (χ0v) is 14.2. The highest BCUT2D eigenvalue weighted by atomic mass is 19.1. The molecule has 1 saturated carbocycles. The van der Waals surface area contributed by atoms with Crippen LogP contribution in [0, 0.1) is 5.82 Å². The molecule has 1 heterocycles. The van der Waals surface area contributed by atoms with Crippen molar-refractivity contribution in [1.82, 2.24) is 15.1 Å². The van der Waals surface area contributed by atoms with Gasteiger partial charge in [-0.2, -0.15) is 0 Å². The van der Waals surface area contributed by atoms with Gasteiger partial charge in [-0.25, -0.2) is 4.39 Å². The number of carbonyl (C=O) groups is 2. The number of halogens is 1. The van der Waals surface area contributed by atoms with E-state index in [1.165, 1.54) is 12.1 Å². The van der Waals surface area contributed by atoms with Gasteiger partial charge in [-0.3, -0.25) is 14.5 Å². The fraction of sp³-hybridized carbons (Fsp3) is 0.556. The molecule has 2 amide bonds. The Balaban J connectivity index is 1.32. The van der Waals surface area contributed by atoms with Gasteiger partial charge >= 0.3 is 0 Å². The Hall–Kier alpha value is -2.15. The van der Waals surface area contributed by atoms with Crippen molar-refractivity contribution in [2.75, 3.05) is 39.3 Å². The highest BCUT2D eigenvalue weighted by molar-refractivity contribution is 5.79. The molecule has 25 heavy (non-hydrogen) atoms. The smallest absolute Gasteiger partial charge is 0.234 e. The molecule has 1 aromatic rings. The van der Waals surface area contributed by atoms with Crippen molar-refractivity contribution in [2.24, 2.45) is 0 Å². The summed E-state index contributed by atoms with van der Waals surface area (Å²) in [4.78, 5) is 27.9. The molecule has 0 bridgehead atoms. The van der Waals surface area contributed by atoms with Crippen LogP contribution in [-0.2, 0) is 9.59 Å². The van der Waals surface area contributed by atoms with Crippen molar-refractivity contribution in [2.45, 2.75) is 25.3 Å². The van der Waals surface area contributed by atoms with E-state index in [2.05, 4.69) is 10.2 Å². The zero-order chi connectivity index (χ0) is 17.6. The van der Waals surface area contributed by atoms with Crippen LogP contribution in [0.25, 0.3) is 0 Å². The van der Waals surface area contributed by atoms with Crippen molar-refractivity contribution in [3.05, 3.63) is 30.1 Å². The number of ether oxygens (including phenoxy) is 1. The molecular weight excluding hydrogens is 325 g/mol. The minimum absolute atomic E-state index is 0.0455. The molecule has 2 fully saturated rings. The first-order valence-electron chi connectivity index (χ1n) is 8.78. The second kappa shape index (κ2) is 8.29. The van der Waals surface area contributed by atoms with Crippen molar-refractivity contribution < 1.29 is 18.7 Å². The number of hydrogen-bond acceptors (Lipinski definition) is 4. The summed E-state index contributed by atoms with van der Waals surface area (Å²) in [6.07, 6.45) is 2.47. The van der Waals surface area contributed by atoms with Gasteiger partial charge in [0, 0.05) is 32.2 Å². The lowest BCUT2D eigenvalue weighted by Crippen LogP contribution is -2.51. The van der Waals surface area contributed by atoms with Gasteiger partial charge < -0.3 is 15.0 Å². The van der Waals surface area contributed by atoms with Crippen LogP contribution in [0.2, 0.25) is 0 Å². The van der Waals surface area contributed by atoms with Crippen LogP contribution in [-0.4, -0.2) is 67.0 Å². The second-order valence-electron chi connectivity index (χ2n) is 6.55. The third-order valence-corrected chi connectivity index (χ3v) is 4.43. The first-order valence-corrected chi connectivity index (χ1v) is 8.78. The summed E-state index contributed by atoms with van der Waals surface area (Å²) in [5, 5.41) is 2.98. The molecule has 1 aliphatic carbocycles. The van der Waals surface area contributed by atoms with Gasteiger partial charge in [0.25, 0.3) is 0 Å². The molecule has 0 radical (unpaired) electrons. The monoisotopic (exact) mass is 349 g/mol. The van der Waals surface area contributed by atoms with Gasteiger partial charge in [0.1, 0.15) is 11.6 Å². The average Bonchev–Trinajstić information content (AvgIpc) is 3.41. The van der Waals surface area contributed by atoms with Crippen molar-refractivity contribution >= 4 is 11.8 Å². The number of amides is 2. The van der Waals surface area contributed by atoms with E-state index in [0.717, 1.165) is 12.8 Å². The third kappa shape index (κ3) is 5.70. The van der Waals surface area contributed by atoms with E-state index in [9.17, 15) is 14.0 Å². The standard InChI is InChI=1S/C18H24FN3O3/c19-14-1-5-16(6-2-14)25-12-7-18(24)22-10-8-21(9-11-22)13-17(23)20-15-3-4-15/h1-2,5-6,15H,3-4,7-13H2,(H,20,23). The van der Waals surface area contributed by atoms with Crippen molar-refractivity contribution in [3.8, 4) is 5.75 Å². The largest absolute Gasteiger partial charge is 0.493 e. The molecule has 1 N–H and O–H groups in total. The minimum atomic E-state index is -0.313. The van der Waals surface area contributed by atoms with Crippen molar-refractivity contribution in [3.63, 3.8) is 0 Å². The maximum Gasteiger partial charge on any atom is 0.234 e. The maximum absolute atomic E-state index is 12.8. The molecule has 3 rings (SSSR count). The summed E-state index contributed by atoms with van der Waals surface area (Å²) >= 11 is 0. The van der Waals surface area contributed by atoms with E-state index >= 15 is 0 Å². The SMILES string of the molecule is O=C(CN1CCN(C(=O)CCOc2ccc(F)cc2)CC1)NC1CC1. The summed E-state index contributed by atoms with van der Waals surface area (Å²) in [6, 6.07) is 6.14. The Labute approximate surface area is 146 Å². The topological polar surface area (TPSA) is 61.9 Å². The average molecular weight is 349 g/mol. The molecule has 0 aromatic heterocycles. The van der Waals surface area contributed by atoms with Gasteiger partial charge in [0.05, 0.1) is 19.6 Å². The number of nitrogens with one attached hydrogen (secondary N) is 1. The van der Waals surface area contributed by atoms with Crippen LogP contribution in [0.15, 0.2) is 24.3 Å². The lowest BCUT2D eigenvalue weighted by molar-refractivity contribution is -0.133. The number of piperazine rings is 1. The highest BCUT2D eigenvalue weighted by Gasteiger charge is 2.26. The molecule has 1 aromatic carbocycles. The summed E-state index contributed by atoms with van der Waals surface area (Å²) in [7, 11) is 0. The molecule has 1 saturated heterocycles. The quantitative estimate of drug-likeness (QED) is 0.798. The van der Waals surface area contributed by atoms with E-state index in [0.29, 0.717) is 50.9 Å². The van der Waals surface area contributed by atoms with Crippen LogP contribution in [0.3, 0.4) is 0 Å². The van der Waals surface area contributed by atoms with Gasteiger partial charge in [-0.15, -0.1) is 0 Å². The van der Waals surface area contributed by atoms with Gasteiger partial charge in [-0.05, 0) is 37.1 Å². The fourth-order valence-electron chi connectivity index (χ4n) is 2.80. The molecule has 1 aliphatic heterocycles. The second-order valence-corrected chi connectivity index (χ2v) is 6.55. The Morgan fingerprint density at radius 2 is 1.80 bits per heavy atom. The summed E-state index contributed by atoms with van der Waals surface area (Å²) in [5.74, 6) is 0.368. The Morgan fingerprint density at radius 3 is 2.44 bits per heavy atom. The van der Waals surface area contributed by atoms with Crippen molar-refractivity contribution in [1.29, 1.82) is 0 Å². The number of hydrogen-bond donors (Lipinski definition) is 1. The predicted octanol–water partition coefficient (Wildman–Crippen LogP) is 1.02. The lowest BCUT2D eigenvalue weighted by Gasteiger charge is -2.34. The normalized spacial score (nSPS) is 18.0. The Bertz CT molecular complexity index is 596. The Kier molecular flexibility index (Phi) is 5.86. The first-order chi connectivity index (χ1) is 12.1. The molecule has 0 spiro atoms. The number of nitrogens with zero attached hydrogens (tertiary/aromatic N) is 2. The Morgan fingerprint density at radius 1 is 1.12 bits per heavy atom. The van der Waals surface area contributed by atoms with Crippen LogP contribution in [0.5, 0.6) is 5.75 Å². The highest BCUT2D eigenvalue weighted by Crippen LogP contribution is 2.18. The third-order valence-electron chi connectivity index (χ3n) is 4.43. The molecule has 0 atom stereocenters. The van der Waals surface area contributed by atoms with E-state index in [4.69, 9.17) is 4.74 Å². The summed E-state index contributed by atoms with van der Waals surface area (Å²) < 4.78 is 18.3. The minimum Gasteiger partial charge on any atom is -0.493 e. The van der Waals surface area contributed by atoms with E-state index < -0.39 is 0 Å². The van der Waals surface area contributed by atoms with E-state index in [-0.39, 0.29) is 24.2 Å². The zero-order valence-electron chi connectivity index (χ0n) is 14.2. The number of carbonyl (C=O) groups excluding carboxylic acids is 2. The molecule has 0 unspecified atom stereocenters. The molecule has 2 aliphatic rings. The van der Waals surface area contributed by atoms with Crippen LogP contribution in [0.4, 0.5) is 4.39 Å². The lowest BCUT2D eigenvalue weighted by atomic mass is 10.2. The van der Waals surface area contributed by atoms with Crippen LogP contribution >= 0.6 is 0 Å². The summed E-state index contributed by atoms with van der Waals surface area (Å²) in [5.41, 5.74) is 0. The molecule has 136 valence electrons. The fourth-order valence-corrected chi connectivity index (χ4v) is 2.80. The molecular formula is C18H24FN3O3. The van der Waals surface area contributed by atoms with E-state index in [1.807, 2.05) is 4.90 Å². The van der Waals surface area contributed by atoms with Crippen LogP contribution < -0.4 is 10.1 Å². The van der Waals surface area contributed by atoms with Gasteiger partial charge in [0.2, 0.25) is 11.8 Å². The number of benzene rings is 1. The van der Waals surface area contributed by atoms with E-state index in [1.54, 1.807) is 12.1 Å². The molecule has 7 heteroatoms. The van der Waals surface area contributed by atoms with Crippen LogP contribution in [0.1, 0.15) is 19.3 Å². The predicted molar refractivity (Wildman–Crippen MR) is 90.7 cm³/mol. The number of rotatable bonds is 7. The maximum atomic E-state index is 12.8. The molecule has 6 nitrogen and oxygen atoms in total. The van der Waals surface area contributed by atoms with Gasteiger partial charge in [-0.1, -0.05) is 0 Å². The summed E-state index contributed by atoms with van der Waals surface area (Å²) in [6.45, 7) is 3.37. The first kappa shape index (κ1) is 17.7.